The van der Waals surface area contributed by atoms with E-state index in [2.05, 4.69) is 47.1 Å². The molecule has 1 unspecified atom stereocenters. The maximum atomic E-state index is 5.88. The fourth-order valence-electron chi connectivity index (χ4n) is 2.41. The highest BCUT2D eigenvalue weighted by Gasteiger charge is 2.13. The number of rotatable bonds is 7. The van der Waals surface area contributed by atoms with Gasteiger partial charge in [-0.15, -0.1) is 0 Å². The molecule has 2 aromatic rings. The molecule has 0 amide bonds. The van der Waals surface area contributed by atoms with Crippen LogP contribution in [0.15, 0.2) is 48.5 Å². The standard InChI is InChI=1S/C18H21BrO2/c1-14-7-3-4-8-16(14)15(13-19)11-12-21-18-10-6-5-9-17(18)20-2/h3-10,15H,11-13H2,1-2H3. The molecule has 0 saturated carbocycles. The van der Waals surface area contributed by atoms with Crippen LogP contribution in [0.4, 0.5) is 0 Å². The van der Waals surface area contributed by atoms with E-state index in [1.165, 1.54) is 11.1 Å². The largest absolute Gasteiger partial charge is 0.493 e. The Morgan fingerprint density at radius 1 is 1.00 bits per heavy atom. The van der Waals surface area contributed by atoms with Crippen LogP contribution in [0.5, 0.6) is 11.5 Å². The first kappa shape index (κ1) is 15.9. The van der Waals surface area contributed by atoms with E-state index in [0.717, 1.165) is 23.2 Å². The zero-order chi connectivity index (χ0) is 15.1. The number of halogens is 1. The molecule has 1 atom stereocenters. The number of ether oxygens (including phenoxy) is 2. The Balaban J connectivity index is 1.97. The third-order valence-electron chi connectivity index (χ3n) is 3.61. The molecule has 0 N–H and O–H groups in total. The number of hydrogen-bond donors (Lipinski definition) is 0. The van der Waals surface area contributed by atoms with Crippen molar-refractivity contribution < 1.29 is 9.47 Å². The van der Waals surface area contributed by atoms with Crippen molar-refractivity contribution in [2.75, 3.05) is 19.0 Å². The molecule has 0 bridgehead atoms. The van der Waals surface area contributed by atoms with E-state index >= 15 is 0 Å². The van der Waals surface area contributed by atoms with Crippen molar-refractivity contribution in [1.29, 1.82) is 0 Å². The Morgan fingerprint density at radius 3 is 2.33 bits per heavy atom. The van der Waals surface area contributed by atoms with Crippen LogP contribution in [0, 0.1) is 6.92 Å². The Hall–Kier alpha value is -1.48. The Morgan fingerprint density at radius 2 is 1.67 bits per heavy atom. The Kier molecular flexibility index (Phi) is 6.12. The lowest BCUT2D eigenvalue weighted by Gasteiger charge is -2.18. The zero-order valence-corrected chi connectivity index (χ0v) is 14.1. The van der Waals surface area contributed by atoms with Crippen molar-refractivity contribution in [3.8, 4) is 11.5 Å². The molecular weight excluding hydrogens is 328 g/mol. The van der Waals surface area contributed by atoms with E-state index in [9.17, 15) is 0 Å². The number of methoxy groups -OCH3 is 1. The van der Waals surface area contributed by atoms with Crippen LogP contribution in [-0.2, 0) is 0 Å². The van der Waals surface area contributed by atoms with Crippen LogP contribution in [-0.4, -0.2) is 19.0 Å². The Labute approximate surface area is 135 Å². The van der Waals surface area contributed by atoms with E-state index in [4.69, 9.17) is 9.47 Å². The van der Waals surface area contributed by atoms with Gasteiger partial charge in [0.25, 0.3) is 0 Å². The van der Waals surface area contributed by atoms with Gasteiger partial charge in [0.15, 0.2) is 11.5 Å². The molecule has 0 aliphatic carbocycles. The van der Waals surface area contributed by atoms with Crippen molar-refractivity contribution in [3.05, 3.63) is 59.7 Å². The van der Waals surface area contributed by atoms with Crippen LogP contribution in [0.3, 0.4) is 0 Å². The minimum atomic E-state index is 0.459. The molecule has 2 nitrogen and oxygen atoms in total. The molecule has 0 saturated heterocycles. The summed E-state index contributed by atoms with van der Waals surface area (Å²) in [6.07, 6.45) is 0.966. The maximum Gasteiger partial charge on any atom is 0.161 e. The van der Waals surface area contributed by atoms with Crippen molar-refractivity contribution in [1.82, 2.24) is 0 Å². The molecule has 2 aromatic carbocycles. The van der Waals surface area contributed by atoms with Gasteiger partial charge in [0.2, 0.25) is 0 Å². The molecule has 21 heavy (non-hydrogen) atoms. The molecule has 0 aromatic heterocycles. The van der Waals surface area contributed by atoms with Gasteiger partial charge < -0.3 is 9.47 Å². The molecule has 0 aliphatic heterocycles. The lowest BCUT2D eigenvalue weighted by Crippen LogP contribution is -2.09. The van der Waals surface area contributed by atoms with E-state index in [1.54, 1.807) is 7.11 Å². The molecule has 3 heteroatoms. The molecule has 0 radical (unpaired) electrons. The van der Waals surface area contributed by atoms with Crippen molar-refractivity contribution in [2.24, 2.45) is 0 Å². The zero-order valence-electron chi connectivity index (χ0n) is 12.5. The van der Waals surface area contributed by atoms with Crippen molar-refractivity contribution in [2.45, 2.75) is 19.3 Å². The normalized spacial score (nSPS) is 12.0. The van der Waals surface area contributed by atoms with Crippen LogP contribution in [0.1, 0.15) is 23.5 Å². The second kappa shape index (κ2) is 8.08. The third-order valence-corrected chi connectivity index (χ3v) is 4.39. The van der Waals surface area contributed by atoms with Gasteiger partial charge in [-0.05, 0) is 42.5 Å². The molecular formula is C18H21BrO2. The van der Waals surface area contributed by atoms with Crippen LogP contribution in [0.25, 0.3) is 0 Å². The highest BCUT2D eigenvalue weighted by Crippen LogP contribution is 2.28. The Bertz CT molecular complexity index is 569. The smallest absolute Gasteiger partial charge is 0.161 e. The van der Waals surface area contributed by atoms with Gasteiger partial charge >= 0.3 is 0 Å². The van der Waals surface area contributed by atoms with Gasteiger partial charge in [0.05, 0.1) is 13.7 Å². The lowest BCUT2D eigenvalue weighted by atomic mass is 9.94. The van der Waals surface area contributed by atoms with Gasteiger partial charge in [0, 0.05) is 5.33 Å². The fourth-order valence-corrected chi connectivity index (χ4v) is 3.08. The van der Waals surface area contributed by atoms with E-state index in [0.29, 0.717) is 12.5 Å². The van der Waals surface area contributed by atoms with E-state index < -0.39 is 0 Å². The highest BCUT2D eigenvalue weighted by atomic mass is 79.9. The van der Waals surface area contributed by atoms with Crippen LogP contribution in [0.2, 0.25) is 0 Å². The van der Waals surface area contributed by atoms with E-state index in [1.807, 2.05) is 24.3 Å². The summed E-state index contributed by atoms with van der Waals surface area (Å²) in [5.74, 6) is 2.04. The monoisotopic (exact) mass is 348 g/mol. The van der Waals surface area contributed by atoms with Crippen LogP contribution < -0.4 is 9.47 Å². The first-order valence-electron chi connectivity index (χ1n) is 7.13. The molecule has 0 fully saturated rings. The minimum absolute atomic E-state index is 0.459. The minimum Gasteiger partial charge on any atom is -0.493 e. The summed E-state index contributed by atoms with van der Waals surface area (Å²) >= 11 is 3.62. The summed E-state index contributed by atoms with van der Waals surface area (Å²) in [5.41, 5.74) is 2.72. The third kappa shape index (κ3) is 4.24. The second-order valence-electron chi connectivity index (χ2n) is 5.00. The quantitative estimate of drug-likeness (QED) is 0.659. The van der Waals surface area contributed by atoms with Gasteiger partial charge in [-0.3, -0.25) is 0 Å². The first-order chi connectivity index (χ1) is 10.3. The first-order valence-corrected chi connectivity index (χ1v) is 8.25. The summed E-state index contributed by atoms with van der Waals surface area (Å²) < 4.78 is 11.2. The highest BCUT2D eigenvalue weighted by molar-refractivity contribution is 9.09. The number of hydrogen-bond acceptors (Lipinski definition) is 2. The predicted molar refractivity (Wildman–Crippen MR) is 90.8 cm³/mol. The second-order valence-corrected chi connectivity index (χ2v) is 5.64. The molecule has 0 spiro atoms. The number of alkyl halides is 1. The fraction of sp³-hybridized carbons (Fsp3) is 0.333. The summed E-state index contributed by atoms with van der Waals surface area (Å²) in [4.78, 5) is 0. The van der Waals surface area contributed by atoms with Gasteiger partial charge in [-0.1, -0.05) is 52.3 Å². The van der Waals surface area contributed by atoms with Gasteiger partial charge in [-0.25, -0.2) is 0 Å². The summed E-state index contributed by atoms with van der Waals surface area (Å²) in [6, 6.07) is 16.3. The molecule has 0 heterocycles. The molecule has 0 aliphatic rings. The van der Waals surface area contributed by atoms with Gasteiger partial charge in [0.1, 0.15) is 0 Å². The van der Waals surface area contributed by atoms with Crippen LogP contribution >= 0.6 is 15.9 Å². The number of aryl methyl sites for hydroxylation is 1. The lowest BCUT2D eigenvalue weighted by molar-refractivity contribution is 0.282. The average Bonchev–Trinajstić information content (AvgIpc) is 2.53. The number of benzene rings is 2. The maximum absolute atomic E-state index is 5.88. The summed E-state index contributed by atoms with van der Waals surface area (Å²) in [5, 5.41) is 0.938. The van der Waals surface area contributed by atoms with Gasteiger partial charge in [-0.2, -0.15) is 0 Å². The van der Waals surface area contributed by atoms with E-state index in [-0.39, 0.29) is 0 Å². The summed E-state index contributed by atoms with van der Waals surface area (Å²) in [6.45, 7) is 2.83. The topological polar surface area (TPSA) is 18.5 Å². The SMILES string of the molecule is COc1ccccc1OCCC(CBr)c1ccccc1C. The average molecular weight is 349 g/mol. The molecule has 112 valence electrons. The van der Waals surface area contributed by atoms with Crippen molar-refractivity contribution >= 4 is 15.9 Å². The number of para-hydroxylation sites is 2. The van der Waals surface area contributed by atoms with Crippen molar-refractivity contribution in [3.63, 3.8) is 0 Å². The predicted octanol–water partition coefficient (Wildman–Crippen LogP) is 4.95. The summed E-state index contributed by atoms with van der Waals surface area (Å²) in [7, 11) is 1.66. The molecule has 2 rings (SSSR count).